The Hall–Kier alpha value is -1.93. The van der Waals surface area contributed by atoms with E-state index in [2.05, 4.69) is 5.32 Å². The number of amides is 2. The molecule has 0 fully saturated rings. The zero-order chi connectivity index (χ0) is 14.0. The van der Waals surface area contributed by atoms with Crippen LogP contribution in [0.3, 0.4) is 0 Å². The highest BCUT2D eigenvalue weighted by Gasteiger charge is 2.23. The second kappa shape index (κ2) is 5.37. The van der Waals surface area contributed by atoms with Crippen molar-refractivity contribution in [1.82, 2.24) is 4.90 Å². The molecule has 8 heteroatoms. The molecule has 1 aliphatic rings. The minimum atomic E-state index is -1.15. The Morgan fingerprint density at radius 3 is 2.53 bits per heavy atom. The zero-order valence-electron chi connectivity index (χ0n) is 9.59. The summed E-state index contributed by atoms with van der Waals surface area (Å²) in [5, 5.41) is 21.9. The van der Waals surface area contributed by atoms with Gasteiger partial charge in [-0.05, 0) is 12.1 Å². The molecule has 1 unspecified atom stereocenters. The molecule has 100 valence electrons. The van der Waals surface area contributed by atoms with Gasteiger partial charge in [0.2, 0.25) is 0 Å². The predicted molar refractivity (Wildman–Crippen MR) is 66.7 cm³/mol. The van der Waals surface area contributed by atoms with Gasteiger partial charge < -0.3 is 10.5 Å². The quantitative estimate of drug-likeness (QED) is 0.535. The normalized spacial score (nSPS) is 16.1. The molecule has 0 saturated heterocycles. The Labute approximate surface area is 113 Å². The highest BCUT2D eigenvalue weighted by atomic mass is 35.5. The van der Waals surface area contributed by atoms with Crippen molar-refractivity contribution in [2.45, 2.75) is 0 Å². The van der Waals surface area contributed by atoms with Crippen molar-refractivity contribution in [3.05, 3.63) is 40.6 Å². The van der Waals surface area contributed by atoms with Crippen molar-refractivity contribution in [2.75, 3.05) is 12.0 Å². The predicted octanol–water partition coefficient (Wildman–Crippen LogP) is 0.0378. The number of anilines is 1. The number of nitrogens with one attached hydrogen (secondary N) is 2. The number of carbonyl (C=O) groups excluding carboxylic acids is 2. The molecule has 2 rings (SSSR count). The van der Waals surface area contributed by atoms with Gasteiger partial charge in [-0.1, -0.05) is 11.6 Å². The first-order chi connectivity index (χ1) is 8.99. The van der Waals surface area contributed by atoms with Gasteiger partial charge in [-0.3, -0.25) is 14.5 Å². The van der Waals surface area contributed by atoms with Gasteiger partial charge in [-0.25, -0.2) is 5.21 Å². The number of hydrogen-bond acceptors (Lipinski definition) is 5. The van der Waals surface area contributed by atoms with Gasteiger partial charge in [0, 0.05) is 23.2 Å². The molecule has 7 nitrogen and oxygen atoms in total. The smallest absolute Gasteiger partial charge is 0.255 e. The Balaban J connectivity index is 2.12. The van der Waals surface area contributed by atoms with Crippen molar-refractivity contribution in [3.63, 3.8) is 0 Å². The molecular formula is C11H10ClN3O4. The van der Waals surface area contributed by atoms with E-state index >= 15 is 0 Å². The van der Waals surface area contributed by atoms with Gasteiger partial charge in [0.25, 0.3) is 11.8 Å². The number of imide groups is 1. The first kappa shape index (κ1) is 13.5. The summed E-state index contributed by atoms with van der Waals surface area (Å²) in [6, 6.07) is 4.28. The minimum Gasteiger partial charge on any atom is -0.595 e. The monoisotopic (exact) mass is 283 g/mol. The Bertz CT molecular complexity index is 541. The van der Waals surface area contributed by atoms with E-state index < -0.39 is 17.0 Å². The lowest BCUT2D eigenvalue weighted by molar-refractivity contribution is -0.990. The third-order valence-corrected chi connectivity index (χ3v) is 2.78. The lowest BCUT2D eigenvalue weighted by Gasteiger charge is -2.19. The fourth-order valence-corrected chi connectivity index (χ4v) is 1.77. The summed E-state index contributed by atoms with van der Waals surface area (Å²) < 4.78 is 0. The highest BCUT2D eigenvalue weighted by molar-refractivity contribution is 6.30. The van der Waals surface area contributed by atoms with E-state index in [-0.39, 0.29) is 23.1 Å². The third kappa shape index (κ3) is 2.91. The lowest BCUT2D eigenvalue weighted by Crippen LogP contribution is -2.99. The van der Waals surface area contributed by atoms with Gasteiger partial charge in [-0.2, -0.15) is 5.23 Å². The summed E-state index contributed by atoms with van der Waals surface area (Å²) in [7, 11) is 0. The van der Waals surface area contributed by atoms with Crippen LogP contribution in [-0.4, -0.2) is 28.6 Å². The van der Waals surface area contributed by atoms with Crippen molar-refractivity contribution in [2.24, 2.45) is 0 Å². The largest absolute Gasteiger partial charge is 0.595 e. The van der Waals surface area contributed by atoms with Crippen LogP contribution in [0.4, 0.5) is 11.4 Å². The van der Waals surface area contributed by atoms with Crippen LogP contribution in [0.1, 0.15) is 0 Å². The van der Waals surface area contributed by atoms with Crippen molar-refractivity contribution < 1.29 is 20.0 Å². The van der Waals surface area contributed by atoms with E-state index in [9.17, 15) is 14.8 Å². The molecule has 0 radical (unpaired) electrons. The van der Waals surface area contributed by atoms with Crippen molar-refractivity contribution >= 4 is 34.8 Å². The molecule has 0 spiro atoms. The van der Waals surface area contributed by atoms with Crippen LogP contribution < -0.4 is 10.5 Å². The molecule has 3 N–H and O–H groups in total. The van der Waals surface area contributed by atoms with E-state index in [1.165, 1.54) is 18.2 Å². The van der Waals surface area contributed by atoms with Gasteiger partial charge in [-0.15, -0.1) is 0 Å². The second-order valence-electron chi connectivity index (χ2n) is 3.77. The average molecular weight is 284 g/mol. The molecule has 0 bridgehead atoms. The second-order valence-corrected chi connectivity index (χ2v) is 4.20. The van der Waals surface area contributed by atoms with E-state index in [4.69, 9.17) is 16.8 Å². The summed E-state index contributed by atoms with van der Waals surface area (Å²) in [5.41, 5.74) is 0.254. The fourth-order valence-electron chi connectivity index (χ4n) is 1.60. The van der Waals surface area contributed by atoms with Crippen LogP contribution in [0.25, 0.3) is 0 Å². The zero-order valence-corrected chi connectivity index (χ0v) is 10.3. The maximum absolute atomic E-state index is 11.3. The van der Waals surface area contributed by atoms with Gasteiger partial charge >= 0.3 is 0 Å². The Morgan fingerprint density at radius 2 is 1.95 bits per heavy atom. The Morgan fingerprint density at radius 1 is 1.32 bits per heavy atom. The summed E-state index contributed by atoms with van der Waals surface area (Å²) in [6.45, 7) is -0.105. The number of rotatable bonds is 4. The number of carbonyl (C=O) groups is 2. The SMILES string of the molecule is O=C1C=CC(=O)N1CNc1ccc(Cl)cc1[NH+]([O-])O. The maximum atomic E-state index is 11.3. The first-order valence-electron chi connectivity index (χ1n) is 5.29. The van der Waals surface area contributed by atoms with E-state index in [0.717, 1.165) is 17.1 Å². The van der Waals surface area contributed by atoms with Crippen LogP contribution in [-0.2, 0) is 9.59 Å². The third-order valence-electron chi connectivity index (χ3n) is 2.54. The number of benzene rings is 1. The van der Waals surface area contributed by atoms with Gasteiger partial charge in [0.05, 0.1) is 6.67 Å². The average Bonchev–Trinajstić information content (AvgIpc) is 2.68. The summed E-state index contributed by atoms with van der Waals surface area (Å²) in [4.78, 5) is 23.6. The first-order valence-corrected chi connectivity index (χ1v) is 5.67. The molecule has 1 heterocycles. The summed E-state index contributed by atoms with van der Waals surface area (Å²) >= 11 is 5.71. The molecule has 1 aromatic rings. The van der Waals surface area contributed by atoms with Crippen LogP contribution in [0.15, 0.2) is 30.4 Å². The molecule has 1 atom stereocenters. The molecule has 0 aromatic heterocycles. The van der Waals surface area contributed by atoms with Crippen molar-refractivity contribution in [1.29, 1.82) is 0 Å². The number of halogens is 1. The van der Waals surface area contributed by atoms with E-state index in [1.807, 2.05) is 0 Å². The molecule has 19 heavy (non-hydrogen) atoms. The fraction of sp³-hybridized carbons (Fsp3) is 0.0909. The van der Waals surface area contributed by atoms with Gasteiger partial charge in [0.15, 0.2) is 5.69 Å². The van der Waals surface area contributed by atoms with Crippen LogP contribution in [0, 0.1) is 5.21 Å². The standard InChI is InChI=1S/C11H10ClN3O4/c12-7-1-2-8(9(5-7)15(18)19)13-6-14-10(16)3-4-11(14)17/h1-5,13,15,18H,6H2. The molecule has 0 aliphatic carbocycles. The molecule has 1 aromatic carbocycles. The number of quaternary nitrogens is 1. The molecular weight excluding hydrogens is 274 g/mol. The number of nitrogens with zero attached hydrogens (tertiary/aromatic N) is 1. The molecule has 1 aliphatic heterocycles. The van der Waals surface area contributed by atoms with E-state index in [0.29, 0.717) is 0 Å². The van der Waals surface area contributed by atoms with Crippen molar-refractivity contribution in [3.8, 4) is 0 Å². The Kier molecular flexibility index (Phi) is 3.82. The van der Waals surface area contributed by atoms with E-state index in [1.54, 1.807) is 0 Å². The molecule has 0 saturated carbocycles. The highest BCUT2D eigenvalue weighted by Crippen LogP contribution is 2.22. The maximum Gasteiger partial charge on any atom is 0.255 e. The lowest BCUT2D eigenvalue weighted by atomic mass is 10.2. The summed E-state index contributed by atoms with van der Waals surface area (Å²) in [5.74, 6) is -0.883. The van der Waals surface area contributed by atoms with Gasteiger partial charge in [0.1, 0.15) is 5.69 Å². The van der Waals surface area contributed by atoms with Crippen LogP contribution >= 0.6 is 11.6 Å². The topological polar surface area (TPSA) is 97.1 Å². The minimum absolute atomic E-state index is 0.0282. The number of hydrogen-bond donors (Lipinski definition) is 3. The van der Waals surface area contributed by atoms with Crippen LogP contribution in [0.5, 0.6) is 0 Å². The van der Waals surface area contributed by atoms with Crippen LogP contribution in [0.2, 0.25) is 5.02 Å². The summed E-state index contributed by atoms with van der Waals surface area (Å²) in [6.07, 6.45) is 2.31. The molecule has 2 amide bonds.